The van der Waals surface area contributed by atoms with Gasteiger partial charge in [0, 0.05) is 18.7 Å². The number of carbonyl (C=O) groups is 2. The van der Waals surface area contributed by atoms with Crippen LogP contribution >= 0.6 is 0 Å². The number of nitrogens with zero attached hydrogens (tertiary/aromatic N) is 1. The Labute approximate surface area is 118 Å². The molecule has 0 aliphatic carbocycles. The van der Waals surface area contributed by atoms with E-state index in [9.17, 15) is 14.7 Å². The standard InChI is InChI=1S/C14H22N2O4/c1-8(12-3-2-6-20-12)15-14(19)16-9-4-5-11(16)10(7-9)13(17)18/h8-12H,2-7H2,1H3,(H,15,19)(H,17,18). The minimum Gasteiger partial charge on any atom is -0.481 e. The summed E-state index contributed by atoms with van der Waals surface area (Å²) in [6.45, 7) is 2.72. The fraction of sp³-hybridized carbons (Fsp3) is 0.857. The molecule has 0 saturated carbocycles. The van der Waals surface area contributed by atoms with Gasteiger partial charge in [0.1, 0.15) is 0 Å². The Morgan fingerprint density at radius 3 is 2.75 bits per heavy atom. The first-order valence-corrected chi connectivity index (χ1v) is 7.51. The van der Waals surface area contributed by atoms with Crippen molar-refractivity contribution in [3.8, 4) is 0 Å². The Bertz CT molecular complexity index is 408. The average molecular weight is 282 g/mol. The van der Waals surface area contributed by atoms with Crippen LogP contribution in [0.25, 0.3) is 0 Å². The van der Waals surface area contributed by atoms with Gasteiger partial charge in [-0.2, -0.15) is 0 Å². The van der Waals surface area contributed by atoms with Crippen molar-refractivity contribution in [3.63, 3.8) is 0 Å². The predicted molar refractivity (Wildman–Crippen MR) is 71.4 cm³/mol. The van der Waals surface area contributed by atoms with Gasteiger partial charge in [-0.3, -0.25) is 4.79 Å². The highest BCUT2D eigenvalue weighted by Gasteiger charge is 2.51. The molecular weight excluding hydrogens is 260 g/mol. The van der Waals surface area contributed by atoms with Crippen LogP contribution in [0.1, 0.15) is 39.0 Å². The first-order chi connectivity index (χ1) is 9.58. The second-order valence-electron chi connectivity index (χ2n) is 6.18. The van der Waals surface area contributed by atoms with Gasteiger partial charge in [0.05, 0.1) is 18.1 Å². The van der Waals surface area contributed by atoms with Crippen LogP contribution in [0.5, 0.6) is 0 Å². The maximum Gasteiger partial charge on any atom is 0.318 e. The van der Waals surface area contributed by atoms with E-state index in [-0.39, 0.29) is 30.3 Å². The third-order valence-electron chi connectivity index (χ3n) is 4.96. The van der Waals surface area contributed by atoms with E-state index in [0.29, 0.717) is 6.42 Å². The summed E-state index contributed by atoms with van der Waals surface area (Å²) in [5.41, 5.74) is 0. The first kappa shape index (κ1) is 13.7. The van der Waals surface area contributed by atoms with Crippen molar-refractivity contribution in [2.45, 2.75) is 63.3 Å². The van der Waals surface area contributed by atoms with Crippen LogP contribution < -0.4 is 5.32 Å². The zero-order valence-corrected chi connectivity index (χ0v) is 11.7. The van der Waals surface area contributed by atoms with Crippen molar-refractivity contribution in [2.24, 2.45) is 5.92 Å². The highest BCUT2D eigenvalue weighted by atomic mass is 16.5. The van der Waals surface area contributed by atoms with Gasteiger partial charge in [-0.25, -0.2) is 4.79 Å². The molecule has 2 amide bonds. The summed E-state index contributed by atoms with van der Waals surface area (Å²) < 4.78 is 5.58. The highest BCUT2D eigenvalue weighted by Crippen LogP contribution is 2.41. The van der Waals surface area contributed by atoms with Crippen LogP contribution in [-0.4, -0.2) is 52.8 Å². The maximum absolute atomic E-state index is 12.4. The lowest BCUT2D eigenvalue weighted by atomic mass is 9.89. The van der Waals surface area contributed by atoms with E-state index in [2.05, 4.69) is 5.32 Å². The lowest BCUT2D eigenvalue weighted by Gasteiger charge is -2.27. The molecule has 20 heavy (non-hydrogen) atoms. The molecule has 3 saturated heterocycles. The van der Waals surface area contributed by atoms with Crippen LogP contribution in [0.4, 0.5) is 4.79 Å². The molecule has 3 aliphatic heterocycles. The zero-order valence-electron chi connectivity index (χ0n) is 11.7. The fourth-order valence-corrected chi connectivity index (χ4v) is 3.93. The molecule has 0 aromatic heterocycles. The summed E-state index contributed by atoms with van der Waals surface area (Å²) >= 11 is 0. The number of carboxylic acid groups (broad SMARTS) is 1. The Morgan fingerprint density at radius 2 is 2.15 bits per heavy atom. The number of hydrogen-bond donors (Lipinski definition) is 2. The molecule has 0 aromatic rings. The van der Waals surface area contributed by atoms with Gasteiger partial charge in [0.15, 0.2) is 0 Å². The van der Waals surface area contributed by atoms with E-state index >= 15 is 0 Å². The molecule has 0 radical (unpaired) electrons. The molecule has 0 spiro atoms. The Balaban J connectivity index is 1.61. The predicted octanol–water partition coefficient (Wildman–Crippen LogP) is 1.20. The van der Waals surface area contributed by atoms with Gasteiger partial charge in [-0.15, -0.1) is 0 Å². The van der Waals surface area contributed by atoms with E-state index in [0.717, 1.165) is 32.3 Å². The summed E-state index contributed by atoms with van der Waals surface area (Å²) in [7, 11) is 0. The molecular formula is C14H22N2O4. The van der Waals surface area contributed by atoms with Gasteiger partial charge in [-0.05, 0) is 39.0 Å². The summed E-state index contributed by atoms with van der Waals surface area (Å²) in [6, 6.07) is -0.176. The van der Waals surface area contributed by atoms with Crippen molar-refractivity contribution in [2.75, 3.05) is 6.61 Å². The van der Waals surface area contributed by atoms with Crippen LogP contribution in [0.3, 0.4) is 0 Å². The number of carboxylic acids is 1. The van der Waals surface area contributed by atoms with Crippen LogP contribution in [0.2, 0.25) is 0 Å². The highest BCUT2D eigenvalue weighted by molar-refractivity contribution is 5.79. The number of ether oxygens (including phenoxy) is 1. The molecule has 2 N–H and O–H groups in total. The number of nitrogens with one attached hydrogen (secondary N) is 1. The number of carbonyl (C=O) groups excluding carboxylic acids is 1. The molecule has 3 aliphatic rings. The third kappa shape index (κ3) is 2.26. The Hall–Kier alpha value is -1.30. The molecule has 112 valence electrons. The molecule has 6 nitrogen and oxygen atoms in total. The van der Waals surface area contributed by atoms with E-state index in [1.54, 1.807) is 4.90 Å². The number of aliphatic carboxylic acids is 1. The lowest BCUT2D eigenvalue weighted by Crippen LogP contribution is -2.50. The maximum atomic E-state index is 12.4. The van der Waals surface area contributed by atoms with E-state index in [4.69, 9.17) is 4.74 Å². The van der Waals surface area contributed by atoms with Crippen molar-refractivity contribution >= 4 is 12.0 Å². The smallest absolute Gasteiger partial charge is 0.318 e. The minimum absolute atomic E-state index is 0.0201. The van der Waals surface area contributed by atoms with Gasteiger partial charge >= 0.3 is 12.0 Å². The van der Waals surface area contributed by atoms with Crippen molar-refractivity contribution in [1.82, 2.24) is 10.2 Å². The van der Waals surface area contributed by atoms with Gasteiger partial charge in [0.25, 0.3) is 0 Å². The lowest BCUT2D eigenvalue weighted by molar-refractivity contribution is -0.142. The van der Waals surface area contributed by atoms with Gasteiger partial charge in [-0.1, -0.05) is 0 Å². The quantitative estimate of drug-likeness (QED) is 0.815. The Kier molecular flexibility index (Phi) is 3.58. The van der Waals surface area contributed by atoms with Crippen molar-refractivity contribution in [1.29, 1.82) is 0 Å². The van der Waals surface area contributed by atoms with Crippen LogP contribution in [0.15, 0.2) is 0 Å². The summed E-state index contributed by atoms with van der Waals surface area (Å²) in [5.74, 6) is -1.17. The van der Waals surface area contributed by atoms with Crippen LogP contribution in [0, 0.1) is 5.92 Å². The first-order valence-electron chi connectivity index (χ1n) is 7.51. The molecule has 2 bridgehead atoms. The van der Waals surface area contributed by atoms with E-state index < -0.39 is 11.9 Å². The number of hydrogen-bond acceptors (Lipinski definition) is 3. The molecule has 0 aromatic carbocycles. The molecule has 6 heteroatoms. The van der Waals surface area contributed by atoms with Crippen molar-refractivity contribution < 1.29 is 19.4 Å². The fourth-order valence-electron chi connectivity index (χ4n) is 3.93. The molecule has 3 rings (SSSR count). The van der Waals surface area contributed by atoms with Crippen LogP contribution in [-0.2, 0) is 9.53 Å². The molecule has 5 atom stereocenters. The minimum atomic E-state index is -0.776. The summed E-state index contributed by atoms with van der Waals surface area (Å²) in [5, 5.41) is 12.2. The normalized spacial score (nSPS) is 37.1. The molecule has 5 unspecified atom stereocenters. The Morgan fingerprint density at radius 1 is 1.35 bits per heavy atom. The summed E-state index contributed by atoms with van der Waals surface area (Å²) in [4.78, 5) is 25.4. The largest absolute Gasteiger partial charge is 0.481 e. The molecule has 3 heterocycles. The number of amides is 2. The van der Waals surface area contributed by atoms with Gasteiger partial charge in [0.2, 0.25) is 0 Å². The monoisotopic (exact) mass is 282 g/mol. The average Bonchev–Trinajstić information content (AvgIpc) is 3.13. The topological polar surface area (TPSA) is 78.9 Å². The van der Waals surface area contributed by atoms with Crippen molar-refractivity contribution in [3.05, 3.63) is 0 Å². The second-order valence-corrected chi connectivity index (χ2v) is 6.18. The second kappa shape index (κ2) is 5.24. The van der Waals surface area contributed by atoms with E-state index in [1.807, 2.05) is 6.92 Å². The molecule has 3 fully saturated rings. The zero-order chi connectivity index (χ0) is 14.3. The van der Waals surface area contributed by atoms with Gasteiger partial charge < -0.3 is 20.1 Å². The third-order valence-corrected chi connectivity index (χ3v) is 4.96. The number of urea groups is 1. The number of rotatable bonds is 3. The SMILES string of the molecule is CC(NC(=O)N1C2CCC1C(C(=O)O)C2)C1CCCO1. The van der Waals surface area contributed by atoms with E-state index in [1.165, 1.54) is 0 Å². The number of fused-ring (bicyclic) bond motifs is 2. The summed E-state index contributed by atoms with van der Waals surface area (Å²) in [6.07, 6.45) is 4.45.